The van der Waals surface area contributed by atoms with Crippen LogP contribution in [0.2, 0.25) is 0 Å². The van der Waals surface area contributed by atoms with E-state index in [2.05, 4.69) is 31.2 Å². The van der Waals surface area contributed by atoms with E-state index in [0.717, 1.165) is 0 Å². The summed E-state index contributed by atoms with van der Waals surface area (Å²) in [6.45, 7) is 0. The van der Waals surface area contributed by atoms with Gasteiger partial charge in [-0.1, -0.05) is 0 Å². The van der Waals surface area contributed by atoms with E-state index in [1.54, 1.807) is 31.3 Å². The van der Waals surface area contributed by atoms with Gasteiger partial charge in [-0.3, -0.25) is 9.59 Å². The molecule has 0 bridgehead atoms. The fourth-order valence-electron chi connectivity index (χ4n) is 1.66. The fraction of sp³-hybridized carbons (Fsp3) is 0.154. The van der Waals surface area contributed by atoms with Crippen molar-refractivity contribution in [1.82, 2.24) is 9.97 Å². The Morgan fingerprint density at radius 1 is 1.45 bits per heavy atom. The average Bonchev–Trinajstić information content (AvgIpc) is 2.40. The van der Waals surface area contributed by atoms with Crippen LogP contribution in [-0.2, 0) is 0 Å². The number of amides is 1. The number of aromatic nitrogens is 2. The van der Waals surface area contributed by atoms with Crippen molar-refractivity contribution in [2.24, 2.45) is 0 Å². The van der Waals surface area contributed by atoms with E-state index in [1.165, 1.54) is 18.5 Å². The van der Waals surface area contributed by atoms with E-state index in [9.17, 15) is 9.59 Å². The van der Waals surface area contributed by atoms with Crippen LogP contribution in [0.3, 0.4) is 0 Å². The lowest BCUT2D eigenvalue weighted by molar-refractivity contribution is 0.102. The number of halogens is 1. The summed E-state index contributed by atoms with van der Waals surface area (Å²) < 4.78 is 0.690. The van der Waals surface area contributed by atoms with Gasteiger partial charge < -0.3 is 15.2 Å². The molecule has 0 aliphatic rings. The van der Waals surface area contributed by atoms with Crippen LogP contribution in [-0.4, -0.2) is 30.0 Å². The van der Waals surface area contributed by atoms with Crippen LogP contribution in [0.4, 0.5) is 11.5 Å². The first-order valence-corrected chi connectivity index (χ1v) is 6.59. The molecule has 0 radical (unpaired) electrons. The van der Waals surface area contributed by atoms with E-state index >= 15 is 0 Å². The topological polar surface area (TPSA) is 78.1 Å². The third kappa shape index (κ3) is 3.05. The number of nitrogens with one attached hydrogen (secondary N) is 2. The summed E-state index contributed by atoms with van der Waals surface area (Å²) in [5.41, 5.74) is 0.321. The number of H-pyrrole nitrogens is 1. The Kier molecular flexibility index (Phi) is 4.19. The number of nitrogens with zero attached hydrogens (tertiary/aromatic N) is 2. The molecule has 0 aliphatic heterocycles. The Morgan fingerprint density at radius 2 is 2.20 bits per heavy atom. The number of carbonyl (C=O) groups excluding carboxylic acids is 1. The maximum atomic E-state index is 12.3. The van der Waals surface area contributed by atoms with Gasteiger partial charge in [0.15, 0.2) is 0 Å². The third-order valence-corrected chi connectivity index (χ3v) is 3.01. The van der Waals surface area contributed by atoms with Crippen LogP contribution in [0.25, 0.3) is 0 Å². The lowest BCUT2D eigenvalue weighted by Gasteiger charge is -2.15. The SMILES string of the molecule is CN(C)c1ncc(Br)cc1C(=O)Nc1c[nH]ccc1=O. The standard InChI is InChI=1S/C13H13BrN4O2/c1-18(2)12-9(5-8(14)6-16-12)13(20)17-10-7-15-4-3-11(10)19/h3-7H,1-2H3,(H,15,19)(H,17,20). The van der Waals surface area contributed by atoms with Crippen molar-refractivity contribution < 1.29 is 4.79 Å². The van der Waals surface area contributed by atoms with Gasteiger partial charge in [0.2, 0.25) is 5.43 Å². The molecule has 0 unspecified atom stereocenters. The van der Waals surface area contributed by atoms with Crippen LogP contribution in [0, 0.1) is 0 Å². The highest BCUT2D eigenvalue weighted by Crippen LogP contribution is 2.20. The number of aromatic amines is 1. The predicted octanol–water partition coefficient (Wildman–Crippen LogP) is 1.85. The maximum Gasteiger partial charge on any atom is 0.259 e. The molecule has 0 saturated heterocycles. The molecular weight excluding hydrogens is 324 g/mol. The molecular formula is C13H13BrN4O2. The fourth-order valence-corrected chi connectivity index (χ4v) is 1.99. The first-order chi connectivity index (χ1) is 9.49. The van der Waals surface area contributed by atoms with Crippen molar-refractivity contribution in [3.8, 4) is 0 Å². The van der Waals surface area contributed by atoms with Gasteiger partial charge in [-0.25, -0.2) is 4.98 Å². The van der Waals surface area contributed by atoms with Crippen LogP contribution in [0.1, 0.15) is 10.4 Å². The molecule has 0 fully saturated rings. The molecule has 2 N–H and O–H groups in total. The quantitative estimate of drug-likeness (QED) is 0.896. The van der Waals surface area contributed by atoms with E-state index in [0.29, 0.717) is 15.9 Å². The second-order valence-electron chi connectivity index (χ2n) is 4.30. The zero-order chi connectivity index (χ0) is 14.7. The minimum Gasteiger partial charge on any atom is -0.366 e. The second kappa shape index (κ2) is 5.87. The summed E-state index contributed by atoms with van der Waals surface area (Å²) in [5.74, 6) is 0.136. The van der Waals surface area contributed by atoms with E-state index in [4.69, 9.17) is 0 Å². The maximum absolute atomic E-state index is 12.3. The lowest BCUT2D eigenvalue weighted by Crippen LogP contribution is -2.22. The average molecular weight is 337 g/mol. The van der Waals surface area contributed by atoms with Gasteiger partial charge >= 0.3 is 0 Å². The Balaban J connectivity index is 2.37. The van der Waals surface area contributed by atoms with Gasteiger partial charge in [0, 0.05) is 43.2 Å². The number of anilines is 2. The Bertz CT molecular complexity index is 697. The Labute approximate surface area is 124 Å². The molecule has 0 aliphatic carbocycles. The predicted molar refractivity (Wildman–Crippen MR) is 81.3 cm³/mol. The van der Waals surface area contributed by atoms with E-state index < -0.39 is 0 Å². The molecule has 2 aromatic heterocycles. The van der Waals surface area contributed by atoms with Gasteiger partial charge in [-0.15, -0.1) is 0 Å². The number of carbonyl (C=O) groups is 1. The van der Waals surface area contributed by atoms with Crippen molar-refractivity contribution in [2.45, 2.75) is 0 Å². The zero-order valence-corrected chi connectivity index (χ0v) is 12.6. The summed E-state index contributed by atoms with van der Waals surface area (Å²) in [7, 11) is 3.59. The minimum absolute atomic E-state index is 0.196. The van der Waals surface area contributed by atoms with Crippen LogP contribution < -0.4 is 15.6 Å². The Hall–Kier alpha value is -2.15. The normalized spacial score (nSPS) is 10.2. The monoisotopic (exact) mass is 336 g/mol. The summed E-state index contributed by atoms with van der Waals surface area (Å²) >= 11 is 3.28. The first-order valence-electron chi connectivity index (χ1n) is 5.80. The lowest BCUT2D eigenvalue weighted by atomic mass is 10.2. The third-order valence-electron chi connectivity index (χ3n) is 2.57. The van der Waals surface area contributed by atoms with Crippen molar-refractivity contribution >= 4 is 33.3 Å². The molecule has 2 aromatic rings. The van der Waals surface area contributed by atoms with Gasteiger partial charge in [-0.2, -0.15) is 0 Å². The number of hydrogen-bond acceptors (Lipinski definition) is 4. The molecule has 0 atom stereocenters. The highest BCUT2D eigenvalue weighted by atomic mass is 79.9. The first kappa shape index (κ1) is 14.3. The van der Waals surface area contributed by atoms with E-state index in [1.807, 2.05) is 0 Å². The number of pyridine rings is 2. The molecule has 104 valence electrons. The highest BCUT2D eigenvalue weighted by molar-refractivity contribution is 9.10. The summed E-state index contributed by atoms with van der Waals surface area (Å²) in [6.07, 6.45) is 4.56. The molecule has 0 saturated carbocycles. The van der Waals surface area contributed by atoms with Crippen LogP contribution in [0.5, 0.6) is 0 Å². The number of rotatable bonds is 3. The molecule has 6 nitrogen and oxygen atoms in total. The minimum atomic E-state index is -0.390. The summed E-state index contributed by atoms with van der Waals surface area (Å²) in [6, 6.07) is 3.01. The van der Waals surface area contributed by atoms with Crippen molar-refractivity contribution in [1.29, 1.82) is 0 Å². The van der Waals surface area contributed by atoms with Crippen molar-refractivity contribution in [3.63, 3.8) is 0 Å². The van der Waals surface area contributed by atoms with Crippen LogP contribution in [0.15, 0.2) is 40.0 Å². The van der Waals surface area contributed by atoms with Gasteiger partial charge in [0.25, 0.3) is 5.91 Å². The van der Waals surface area contributed by atoms with Gasteiger partial charge in [0.1, 0.15) is 11.5 Å². The molecule has 1 amide bonds. The van der Waals surface area contributed by atoms with Crippen molar-refractivity contribution in [2.75, 3.05) is 24.3 Å². The Morgan fingerprint density at radius 3 is 2.85 bits per heavy atom. The zero-order valence-electron chi connectivity index (χ0n) is 11.0. The highest BCUT2D eigenvalue weighted by Gasteiger charge is 2.16. The molecule has 0 aromatic carbocycles. The summed E-state index contributed by atoms with van der Waals surface area (Å²) in [5, 5.41) is 2.58. The van der Waals surface area contributed by atoms with Crippen LogP contribution >= 0.6 is 15.9 Å². The van der Waals surface area contributed by atoms with Crippen molar-refractivity contribution in [3.05, 3.63) is 51.0 Å². The largest absolute Gasteiger partial charge is 0.366 e. The molecule has 0 spiro atoms. The van der Waals surface area contributed by atoms with Gasteiger partial charge in [-0.05, 0) is 22.0 Å². The molecule has 2 rings (SSSR count). The second-order valence-corrected chi connectivity index (χ2v) is 5.21. The number of hydrogen-bond donors (Lipinski definition) is 2. The van der Waals surface area contributed by atoms with E-state index in [-0.39, 0.29) is 17.0 Å². The molecule has 20 heavy (non-hydrogen) atoms. The smallest absolute Gasteiger partial charge is 0.259 e. The molecule has 7 heteroatoms. The molecule has 2 heterocycles. The summed E-state index contributed by atoms with van der Waals surface area (Å²) in [4.78, 5) is 32.6. The van der Waals surface area contributed by atoms with Gasteiger partial charge in [0.05, 0.1) is 5.56 Å².